The summed E-state index contributed by atoms with van der Waals surface area (Å²) in [6.07, 6.45) is 83.0. The highest BCUT2D eigenvalue weighted by atomic mass is 16.6. The zero-order chi connectivity index (χ0) is 78.1. The largest absolute Gasteiger partial charge is 0.490 e. The Hall–Kier alpha value is -5.24. The molecule has 0 fully saturated rings. The molecule has 626 valence electrons. The van der Waals surface area contributed by atoms with E-state index in [4.69, 9.17) is 37.9 Å². The molecule has 0 aromatic heterocycles. The Morgan fingerprint density at radius 3 is 0.718 bits per heavy atom. The van der Waals surface area contributed by atoms with E-state index in [0.29, 0.717) is 52.9 Å². The molecule has 0 spiro atoms. The van der Waals surface area contributed by atoms with E-state index in [-0.39, 0.29) is 0 Å². The number of unbranched alkanes of at least 4 members (excludes halogenated alkanes) is 54. The maximum absolute atomic E-state index is 7.00. The van der Waals surface area contributed by atoms with Gasteiger partial charge in [-0.3, -0.25) is 0 Å². The van der Waals surface area contributed by atoms with Crippen LogP contribution in [0.15, 0.2) is 73.3 Å². The van der Waals surface area contributed by atoms with Crippen molar-refractivity contribution < 1.29 is 37.9 Å². The van der Waals surface area contributed by atoms with Crippen LogP contribution in [0.25, 0.3) is 18.2 Å². The van der Waals surface area contributed by atoms with Crippen LogP contribution in [0.1, 0.15) is 455 Å². The standard InChI is InChI=1S/C102H170O8/c1-8-15-21-27-33-39-45-51-57-63-77-103-97-83-92(84-98(104-78-64-58-52-46-40-34-28-22-16-9-2)101(97)107-81-67-61-55-49-43-37-31-25-19-12-5)88-109-95-75-76-96(94(87-95)74-73-91-71-69-90(14-7)70-72-91)110-89-93-85-99(105-79-65-59-53-47-41-35-29-23-17-10-3)102(108-82-68-62-56-50-44-38-32-26-20-13-6)100(86-93)106-80-66-60-54-48-42-36-30-24-18-11-4/h14,69-76,83-87H,7-13,15-68,77-82,88-89H2,1-6H3. The van der Waals surface area contributed by atoms with Crippen LogP contribution in [0.2, 0.25) is 0 Å². The van der Waals surface area contributed by atoms with E-state index in [1.54, 1.807) is 0 Å². The lowest BCUT2D eigenvalue weighted by molar-refractivity contribution is 0.232. The van der Waals surface area contributed by atoms with E-state index < -0.39 is 0 Å². The van der Waals surface area contributed by atoms with Gasteiger partial charge >= 0.3 is 0 Å². The van der Waals surface area contributed by atoms with Gasteiger partial charge in [0.1, 0.15) is 24.7 Å². The first-order valence-electron chi connectivity index (χ1n) is 47.4. The minimum absolute atomic E-state index is 0.314. The molecule has 0 unspecified atom stereocenters. The Bertz CT molecular complexity index is 2650. The normalized spacial score (nSPS) is 11.5. The number of hydrogen-bond donors (Lipinski definition) is 0. The lowest BCUT2D eigenvalue weighted by Crippen LogP contribution is -2.08. The molecule has 4 rings (SSSR count). The number of benzene rings is 4. The van der Waals surface area contributed by atoms with Crippen molar-refractivity contribution >= 4 is 18.2 Å². The maximum Gasteiger partial charge on any atom is 0.203 e. The molecule has 0 aliphatic heterocycles. The monoisotopic (exact) mass is 1520 g/mol. The topological polar surface area (TPSA) is 73.8 Å². The SMILES string of the molecule is C=Cc1ccc(C=Cc2cc(OCc3cc(OCCCCCCCCCCCC)c(OCCCCCCCCCCCC)c(OCCCCCCCCCCCC)c3)ccc2OCc2cc(OCCCCCCCCCCCC)c(OCCCCCCCCCCCC)c(OCCCCCCCCCCCC)c2)cc1. The average molecular weight is 1520 g/mol. The molecular weight excluding hydrogens is 1350 g/mol. The molecule has 0 aliphatic rings. The summed E-state index contributed by atoms with van der Waals surface area (Å²) in [5, 5.41) is 0. The predicted octanol–water partition coefficient (Wildman–Crippen LogP) is 33.5. The Morgan fingerprint density at radius 1 is 0.218 bits per heavy atom. The van der Waals surface area contributed by atoms with Gasteiger partial charge in [-0.2, -0.15) is 0 Å². The third-order valence-corrected chi connectivity index (χ3v) is 22.1. The van der Waals surface area contributed by atoms with Crippen molar-refractivity contribution in [1.82, 2.24) is 0 Å². The van der Waals surface area contributed by atoms with Crippen molar-refractivity contribution in [2.75, 3.05) is 39.6 Å². The van der Waals surface area contributed by atoms with Crippen LogP contribution in [0.3, 0.4) is 0 Å². The highest BCUT2D eigenvalue weighted by Crippen LogP contribution is 2.42. The van der Waals surface area contributed by atoms with Gasteiger partial charge in [0.15, 0.2) is 23.0 Å². The van der Waals surface area contributed by atoms with Crippen LogP contribution in [0.4, 0.5) is 0 Å². The van der Waals surface area contributed by atoms with E-state index in [1.807, 2.05) is 12.1 Å². The molecule has 8 heteroatoms. The smallest absolute Gasteiger partial charge is 0.203 e. The van der Waals surface area contributed by atoms with Crippen LogP contribution in [-0.2, 0) is 13.2 Å². The van der Waals surface area contributed by atoms with E-state index in [0.717, 1.165) is 144 Å². The van der Waals surface area contributed by atoms with Crippen LogP contribution >= 0.6 is 0 Å². The Balaban J connectivity index is 1.66. The summed E-state index contributed by atoms with van der Waals surface area (Å²) in [7, 11) is 0. The molecule has 4 aromatic carbocycles. The Kier molecular flexibility index (Phi) is 63.2. The van der Waals surface area contributed by atoms with Crippen molar-refractivity contribution in [3.05, 3.63) is 101 Å². The van der Waals surface area contributed by atoms with Crippen LogP contribution in [-0.4, -0.2) is 39.6 Å². The number of hydrogen-bond acceptors (Lipinski definition) is 8. The molecule has 0 saturated heterocycles. The fourth-order valence-corrected chi connectivity index (χ4v) is 14.9. The molecule has 0 bridgehead atoms. The second-order valence-corrected chi connectivity index (χ2v) is 32.5. The molecule has 0 saturated carbocycles. The first-order chi connectivity index (χ1) is 54.5. The summed E-state index contributed by atoms with van der Waals surface area (Å²) in [4.78, 5) is 0. The molecule has 0 heterocycles. The van der Waals surface area contributed by atoms with Crippen LogP contribution < -0.4 is 37.9 Å². The predicted molar refractivity (Wildman–Crippen MR) is 477 cm³/mol. The van der Waals surface area contributed by atoms with E-state index in [2.05, 4.69) is 121 Å². The van der Waals surface area contributed by atoms with Gasteiger partial charge in [0, 0.05) is 5.56 Å². The van der Waals surface area contributed by atoms with Gasteiger partial charge in [0.05, 0.1) is 39.6 Å². The van der Waals surface area contributed by atoms with Crippen molar-refractivity contribution in [2.24, 2.45) is 0 Å². The molecule has 0 aliphatic carbocycles. The summed E-state index contributed by atoms with van der Waals surface area (Å²) in [6.45, 7) is 22.3. The molecule has 0 amide bonds. The van der Waals surface area contributed by atoms with Crippen molar-refractivity contribution in [3.8, 4) is 46.0 Å². The molecule has 0 atom stereocenters. The number of ether oxygens (including phenoxy) is 8. The van der Waals surface area contributed by atoms with Gasteiger partial charge in [-0.25, -0.2) is 0 Å². The van der Waals surface area contributed by atoms with Gasteiger partial charge in [-0.1, -0.05) is 437 Å². The lowest BCUT2D eigenvalue weighted by Gasteiger charge is -2.20. The van der Waals surface area contributed by atoms with Crippen LogP contribution in [0.5, 0.6) is 46.0 Å². The van der Waals surface area contributed by atoms with Crippen molar-refractivity contribution in [2.45, 2.75) is 440 Å². The van der Waals surface area contributed by atoms with Gasteiger partial charge in [-0.05, 0) is 103 Å². The zero-order valence-electron chi connectivity index (χ0n) is 72.6. The second-order valence-electron chi connectivity index (χ2n) is 32.5. The first kappa shape index (κ1) is 97.1. The first-order valence-corrected chi connectivity index (χ1v) is 47.4. The van der Waals surface area contributed by atoms with Gasteiger partial charge < -0.3 is 37.9 Å². The summed E-state index contributed by atoms with van der Waals surface area (Å²) in [5.74, 6) is 6.02. The highest BCUT2D eigenvalue weighted by molar-refractivity contribution is 5.74. The van der Waals surface area contributed by atoms with Gasteiger partial charge in [0.25, 0.3) is 0 Å². The molecule has 4 aromatic rings. The van der Waals surface area contributed by atoms with Gasteiger partial charge in [-0.15, -0.1) is 0 Å². The van der Waals surface area contributed by atoms with Crippen molar-refractivity contribution in [3.63, 3.8) is 0 Å². The minimum atomic E-state index is 0.314. The second kappa shape index (κ2) is 71.5. The fraction of sp³-hybridized carbons (Fsp3) is 0.725. The minimum Gasteiger partial charge on any atom is -0.490 e. The summed E-state index contributed by atoms with van der Waals surface area (Å²) in [5.41, 5.74) is 5.06. The fourth-order valence-electron chi connectivity index (χ4n) is 14.9. The third kappa shape index (κ3) is 50.8. The van der Waals surface area contributed by atoms with Crippen LogP contribution in [0, 0.1) is 0 Å². The molecule has 0 radical (unpaired) electrons. The molecule has 110 heavy (non-hydrogen) atoms. The van der Waals surface area contributed by atoms with Gasteiger partial charge in [0.2, 0.25) is 11.5 Å². The Morgan fingerprint density at radius 2 is 0.455 bits per heavy atom. The molecule has 8 nitrogen and oxygen atoms in total. The summed E-state index contributed by atoms with van der Waals surface area (Å²) >= 11 is 0. The molecular formula is C102H170O8. The summed E-state index contributed by atoms with van der Waals surface area (Å²) < 4.78 is 55.0. The maximum atomic E-state index is 7.00. The van der Waals surface area contributed by atoms with E-state index in [9.17, 15) is 0 Å². The average Bonchev–Trinajstić information content (AvgIpc) is 0.824. The quantitative estimate of drug-likeness (QED) is 0.0320. The Labute approximate surface area is 679 Å². The summed E-state index contributed by atoms with van der Waals surface area (Å²) in [6, 6.07) is 23.4. The molecule has 0 N–H and O–H groups in total. The van der Waals surface area contributed by atoms with E-state index in [1.165, 1.54) is 315 Å². The van der Waals surface area contributed by atoms with Crippen molar-refractivity contribution in [1.29, 1.82) is 0 Å². The highest BCUT2D eigenvalue weighted by Gasteiger charge is 2.20. The third-order valence-electron chi connectivity index (χ3n) is 22.1. The number of rotatable bonds is 81. The lowest BCUT2D eigenvalue weighted by atomic mass is 10.1. The van der Waals surface area contributed by atoms with E-state index >= 15 is 0 Å². The zero-order valence-corrected chi connectivity index (χ0v) is 72.6.